The van der Waals surface area contributed by atoms with Crippen molar-refractivity contribution in [3.05, 3.63) is 46.5 Å². The number of nitrogens with zero attached hydrogens (tertiary/aromatic N) is 2. The summed E-state index contributed by atoms with van der Waals surface area (Å²) < 4.78 is 15.6. The number of fused-ring (bicyclic) bond motifs is 1. The minimum atomic E-state index is -0.405. The van der Waals surface area contributed by atoms with Gasteiger partial charge >= 0.3 is 11.8 Å². The van der Waals surface area contributed by atoms with Gasteiger partial charge in [-0.1, -0.05) is 11.2 Å². The number of nitrogens with one attached hydrogen (secondary N) is 1. The van der Waals surface area contributed by atoms with Crippen LogP contribution in [0.2, 0.25) is 0 Å². The van der Waals surface area contributed by atoms with E-state index in [4.69, 9.17) is 14.0 Å². The smallest absolute Gasteiger partial charge is 0.316 e. The van der Waals surface area contributed by atoms with Crippen LogP contribution in [-0.2, 0) is 6.54 Å². The minimum absolute atomic E-state index is 0.0748. The van der Waals surface area contributed by atoms with Crippen molar-refractivity contribution in [2.45, 2.75) is 6.54 Å². The van der Waals surface area contributed by atoms with Crippen molar-refractivity contribution >= 4 is 17.2 Å². The number of hydrogen-bond acceptors (Lipinski definition) is 7. The molecule has 1 amide bonds. The summed E-state index contributed by atoms with van der Waals surface area (Å²) in [5.74, 6) is 1.14. The number of ether oxygens (including phenoxy) is 2. The lowest BCUT2D eigenvalue weighted by Crippen LogP contribution is -2.22. The fraction of sp³-hybridized carbons (Fsp3) is 0.133. The number of aromatic nitrogens is 2. The SMILES string of the molecule is O=C(NCc1cccs1)c1nc(-c2ccc3c(c2)OCO3)no1. The third-order valence-electron chi connectivity index (χ3n) is 3.25. The predicted molar refractivity (Wildman–Crippen MR) is 81.3 cm³/mol. The molecular weight excluding hydrogens is 318 g/mol. The van der Waals surface area contributed by atoms with Crippen LogP contribution in [0.5, 0.6) is 11.5 Å². The fourth-order valence-electron chi connectivity index (χ4n) is 2.12. The van der Waals surface area contributed by atoms with Gasteiger partial charge in [0.1, 0.15) is 0 Å². The van der Waals surface area contributed by atoms with Crippen LogP contribution in [0.1, 0.15) is 15.6 Å². The first kappa shape index (κ1) is 13.8. The van der Waals surface area contributed by atoms with Crippen molar-refractivity contribution in [1.82, 2.24) is 15.5 Å². The fourth-order valence-corrected chi connectivity index (χ4v) is 2.77. The Morgan fingerprint density at radius 2 is 2.17 bits per heavy atom. The van der Waals surface area contributed by atoms with E-state index in [1.165, 1.54) is 0 Å². The molecule has 8 heteroatoms. The highest BCUT2D eigenvalue weighted by atomic mass is 32.1. The van der Waals surface area contributed by atoms with Crippen molar-refractivity contribution in [2.75, 3.05) is 6.79 Å². The zero-order valence-corrected chi connectivity index (χ0v) is 12.6. The normalized spacial score (nSPS) is 12.3. The summed E-state index contributed by atoms with van der Waals surface area (Å²) in [4.78, 5) is 17.2. The topological polar surface area (TPSA) is 86.5 Å². The molecule has 1 aromatic carbocycles. The lowest BCUT2D eigenvalue weighted by Gasteiger charge is -1.98. The molecule has 0 bridgehead atoms. The standard InChI is InChI=1S/C15H11N3O4S/c19-14(16-7-10-2-1-5-23-10)15-17-13(18-22-15)9-3-4-11-12(6-9)21-8-20-11/h1-6H,7-8H2,(H,16,19). The second-order valence-corrected chi connectivity index (χ2v) is 5.79. The third kappa shape index (κ3) is 2.76. The van der Waals surface area contributed by atoms with Gasteiger partial charge in [-0.2, -0.15) is 4.98 Å². The maximum Gasteiger partial charge on any atom is 0.316 e. The van der Waals surface area contributed by atoms with Gasteiger partial charge in [0.25, 0.3) is 0 Å². The molecule has 7 nitrogen and oxygen atoms in total. The highest BCUT2D eigenvalue weighted by Gasteiger charge is 2.19. The summed E-state index contributed by atoms with van der Waals surface area (Å²) >= 11 is 1.57. The van der Waals surface area contributed by atoms with Gasteiger partial charge < -0.3 is 19.3 Å². The Hall–Kier alpha value is -2.87. The first-order valence-electron chi connectivity index (χ1n) is 6.84. The largest absolute Gasteiger partial charge is 0.454 e. The second kappa shape index (κ2) is 5.73. The molecule has 1 N–H and O–H groups in total. The van der Waals surface area contributed by atoms with E-state index >= 15 is 0 Å². The lowest BCUT2D eigenvalue weighted by atomic mass is 10.2. The molecule has 3 aromatic rings. The van der Waals surface area contributed by atoms with Crippen molar-refractivity contribution < 1.29 is 18.8 Å². The molecule has 2 aromatic heterocycles. The molecule has 3 heterocycles. The summed E-state index contributed by atoms with van der Waals surface area (Å²) in [6, 6.07) is 9.17. The third-order valence-corrected chi connectivity index (χ3v) is 4.13. The quantitative estimate of drug-likeness (QED) is 0.791. The molecule has 0 radical (unpaired) electrons. The molecule has 0 saturated heterocycles. The molecule has 0 unspecified atom stereocenters. The van der Waals surface area contributed by atoms with E-state index in [2.05, 4.69) is 15.5 Å². The van der Waals surface area contributed by atoms with E-state index in [1.54, 1.807) is 29.5 Å². The van der Waals surface area contributed by atoms with Gasteiger partial charge in [-0.25, -0.2) is 0 Å². The summed E-state index contributed by atoms with van der Waals surface area (Å²) in [6.45, 7) is 0.625. The number of hydrogen-bond donors (Lipinski definition) is 1. The van der Waals surface area contributed by atoms with E-state index in [-0.39, 0.29) is 12.7 Å². The maximum absolute atomic E-state index is 12.0. The van der Waals surface area contributed by atoms with E-state index in [0.717, 1.165) is 4.88 Å². The Morgan fingerprint density at radius 1 is 1.26 bits per heavy atom. The number of rotatable bonds is 4. The molecule has 0 atom stereocenters. The Morgan fingerprint density at radius 3 is 3.04 bits per heavy atom. The zero-order chi connectivity index (χ0) is 15.6. The molecule has 0 spiro atoms. The van der Waals surface area contributed by atoms with Crippen LogP contribution in [0.15, 0.2) is 40.2 Å². The second-order valence-electron chi connectivity index (χ2n) is 4.75. The van der Waals surface area contributed by atoms with Gasteiger partial charge in [-0.05, 0) is 29.6 Å². The van der Waals surface area contributed by atoms with Crippen LogP contribution < -0.4 is 14.8 Å². The van der Waals surface area contributed by atoms with Crippen LogP contribution in [0.25, 0.3) is 11.4 Å². The van der Waals surface area contributed by atoms with E-state index < -0.39 is 5.91 Å². The molecular formula is C15H11N3O4S. The monoisotopic (exact) mass is 329 g/mol. The van der Waals surface area contributed by atoms with E-state index in [9.17, 15) is 4.79 Å². The molecule has 1 aliphatic rings. The molecule has 0 aliphatic carbocycles. The molecule has 0 fully saturated rings. The molecule has 116 valence electrons. The van der Waals surface area contributed by atoms with Gasteiger partial charge in [0.2, 0.25) is 12.6 Å². The van der Waals surface area contributed by atoms with Crippen molar-refractivity contribution in [1.29, 1.82) is 0 Å². The number of thiophene rings is 1. The first-order chi connectivity index (χ1) is 11.3. The summed E-state index contributed by atoms with van der Waals surface area (Å²) in [6.07, 6.45) is 0. The Bertz CT molecular complexity index is 844. The minimum Gasteiger partial charge on any atom is -0.454 e. The van der Waals surface area contributed by atoms with Crippen molar-refractivity contribution in [3.8, 4) is 22.9 Å². The van der Waals surface area contributed by atoms with Gasteiger partial charge in [0, 0.05) is 10.4 Å². The Labute approximate surface area is 134 Å². The molecule has 1 aliphatic heterocycles. The summed E-state index contributed by atoms with van der Waals surface area (Å²) in [5.41, 5.74) is 0.690. The first-order valence-corrected chi connectivity index (χ1v) is 7.72. The lowest BCUT2D eigenvalue weighted by molar-refractivity contribution is 0.0907. The van der Waals surface area contributed by atoms with Crippen molar-refractivity contribution in [2.24, 2.45) is 0 Å². The number of amides is 1. The van der Waals surface area contributed by atoms with Crippen LogP contribution >= 0.6 is 11.3 Å². The van der Waals surface area contributed by atoms with Crippen LogP contribution in [-0.4, -0.2) is 22.8 Å². The molecule has 4 rings (SSSR count). The molecule has 0 saturated carbocycles. The van der Waals surface area contributed by atoms with Crippen LogP contribution in [0.4, 0.5) is 0 Å². The average Bonchev–Trinajstić information content (AvgIpc) is 3.32. The van der Waals surface area contributed by atoms with Gasteiger partial charge in [-0.15, -0.1) is 11.3 Å². The zero-order valence-electron chi connectivity index (χ0n) is 11.8. The van der Waals surface area contributed by atoms with Gasteiger partial charge in [-0.3, -0.25) is 4.79 Å². The summed E-state index contributed by atoms with van der Waals surface area (Å²) in [7, 11) is 0. The number of carbonyl (C=O) groups is 1. The Balaban J connectivity index is 1.49. The van der Waals surface area contributed by atoms with E-state index in [0.29, 0.717) is 29.4 Å². The van der Waals surface area contributed by atoms with Crippen LogP contribution in [0, 0.1) is 0 Å². The Kier molecular flexibility index (Phi) is 3.43. The summed E-state index contributed by atoms with van der Waals surface area (Å²) in [5, 5.41) is 8.53. The highest BCUT2D eigenvalue weighted by Crippen LogP contribution is 2.35. The van der Waals surface area contributed by atoms with Crippen molar-refractivity contribution in [3.63, 3.8) is 0 Å². The number of carbonyl (C=O) groups excluding carboxylic acids is 1. The predicted octanol–water partition coefficient (Wildman–Crippen LogP) is 2.46. The van der Waals surface area contributed by atoms with E-state index in [1.807, 2.05) is 17.5 Å². The maximum atomic E-state index is 12.0. The highest BCUT2D eigenvalue weighted by molar-refractivity contribution is 7.09. The molecule has 23 heavy (non-hydrogen) atoms. The van der Waals surface area contributed by atoms with Gasteiger partial charge in [0.15, 0.2) is 11.5 Å². The average molecular weight is 329 g/mol. The van der Waals surface area contributed by atoms with Gasteiger partial charge in [0.05, 0.1) is 6.54 Å². The van der Waals surface area contributed by atoms with Crippen LogP contribution in [0.3, 0.4) is 0 Å². The number of benzene rings is 1.